The van der Waals surface area contributed by atoms with Crippen LogP contribution in [0.3, 0.4) is 0 Å². The Hall–Kier alpha value is -4.56. The van der Waals surface area contributed by atoms with Crippen LogP contribution in [0.2, 0.25) is 0 Å². The first-order valence-electron chi connectivity index (χ1n) is 15.4. The molecule has 0 aliphatic heterocycles. The Morgan fingerprint density at radius 3 is 1.98 bits per heavy atom. The van der Waals surface area contributed by atoms with Gasteiger partial charge in [0.15, 0.2) is 0 Å². The van der Waals surface area contributed by atoms with Gasteiger partial charge in [0.05, 0.1) is 0 Å². The zero-order valence-corrected chi connectivity index (χ0v) is 23.7. The molecule has 0 saturated heterocycles. The zero-order chi connectivity index (χ0) is 27.9. The Labute approximate surface area is 247 Å². The van der Waals surface area contributed by atoms with Crippen LogP contribution < -0.4 is 0 Å². The van der Waals surface area contributed by atoms with Gasteiger partial charge in [0.1, 0.15) is 0 Å². The molecule has 2 aromatic heterocycles. The topological polar surface area (TPSA) is 25.8 Å². The van der Waals surface area contributed by atoms with E-state index in [0.717, 1.165) is 6.42 Å². The van der Waals surface area contributed by atoms with Gasteiger partial charge in [-0.25, -0.2) is 0 Å². The molecule has 42 heavy (non-hydrogen) atoms. The molecule has 1 fully saturated rings. The largest absolute Gasteiger partial charge is 0.265 e. The van der Waals surface area contributed by atoms with Crippen LogP contribution in [0.25, 0.3) is 43.8 Å². The minimum atomic E-state index is 0.384. The first-order valence-corrected chi connectivity index (χ1v) is 15.4. The van der Waals surface area contributed by atoms with Crippen molar-refractivity contribution in [2.45, 2.75) is 37.5 Å². The number of hydrogen-bond acceptors (Lipinski definition) is 2. The van der Waals surface area contributed by atoms with Crippen molar-refractivity contribution in [3.63, 3.8) is 0 Å². The molecular formula is C40H34N2. The molecule has 2 nitrogen and oxygen atoms in total. The molecule has 2 heteroatoms. The summed E-state index contributed by atoms with van der Waals surface area (Å²) in [6.45, 7) is 0. The molecule has 4 atom stereocenters. The number of fused-ring (bicyclic) bond motifs is 3. The lowest BCUT2D eigenvalue weighted by Gasteiger charge is -2.44. The highest BCUT2D eigenvalue weighted by molar-refractivity contribution is 6.15. The highest BCUT2D eigenvalue weighted by atomic mass is 14.7. The van der Waals surface area contributed by atoms with Crippen LogP contribution in [0.15, 0.2) is 134 Å². The summed E-state index contributed by atoms with van der Waals surface area (Å²) < 4.78 is 0. The standard InChI is InChI=1S/C40H34N2/c1-2-10-28(11-3-1)39-34-12-4-6-14-36(34)40(37-15-7-5-13-35(37)39)33-19-9-16-30-31(33)17-8-18-32(30)38-26-29(22-25-42-38)27-20-23-41-24-21-27/h1-7,9-15,19-26,30-33H,8,16-18H2. The normalized spacial score (nSPS) is 21.8. The first kappa shape index (κ1) is 25.2. The molecule has 8 rings (SSSR count). The van der Waals surface area contributed by atoms with E-state index in [1.807, 2.05) is 18.6 Å². The average molecular weight is 543 g/mol. The maximum absolute atomic E-state index is 4.98. The lowest BCUT2D eigenvalue weighted by atomic mass is 9.60. The van der Waals surface area contributed by atoms with Crippen LogP contribution in [0.5, 0.6) is 0 Å². The number of benzene rings is 4. The Morgan fingerprint density at radius 1 is 0.571 bits per heavy atom. The van der Waals surface area contributed by atoms with Gasteiger partial charge < -0.3 is 0 Å². The van der Waals surface area contributed by atoms with Gasteiger partial charge in [0, 0.05) is 36.1 Å². The van der Waals surface area contributed by atoms with Crippen molar-refractivity contribution < 1.29 is 0 Å². The smallest absolute Gasteiger partial charge is 0.0443 e. The van der Waals surface area contributed by atoms with Crippen molar-refractivity contribution in [3.8, 4) is 22.3 Å². The Morgan fingerprint density at radius 2 is 1.24 bits per heavy atom. The van der Waals surface area contributed by atoms with E-state index in [9.17, 15) is 0 Å². The molecule has 204 valence electrons. The van der Waals surface area contributed by atoms with E-state index in [0.29, 0.717) is 23.7 Å². The van der Waals surface area contributed by atoms with Crippen LogP contribution in [0.1, 0.15) is 48.8 Å². The average Bonchev–Trinajstić information content (AvgIpc) is 3.07. The number of nitrogens with zero attached hydrogens (tertiary/aromatic N) is 2. The monoisotopic (exact) mass is 542 g/mol. The van der Waals surface area contributed by atoms with Crippen molar-refractivity contribution >= 4 is 21.5 Å². The van der Waals surface area contributed by atoms with Crippen molar-refractivity contribution in [3.05, 3.63) is 145 Å². The molecule has 0 amide bonds. The van der Waals surface area contributed by atoms with Crippen LogP contribution in [0.4, 0.5) is 0 Å². The highest BCUT2D eigenvalue weighted by Crippen LogP contribution is 2.54. The van der Waals surface area contributed by atoms with Crippen LogP contribution in [-0.2, 0) is 0 Å². The lowest BCUT2D eigenvalue weighted by Crippen LogP contribution is -2.33. The second-order valence-electron chi connectivity index (χ2n) is 12.0. The number of pyridine rings is 2. The minimum Gasteiger partial charge on any atom is -0.265 e. The zero-order valence-electron chi connectivity index (χ0n) is 23.7. The van der Waals surface area contributed by atoms with Gasteiger partial charge >= 0.3 is 0 Å². The maximum atomic E-state index is 4.98. The molecule has 2 heterocycles. The van der Waals surface area contributed by atoms with Crippen LogP contribution in [-0.4, -0.2) is 9.97 Å². The van der Waals surface area contributed by atoms with E-state index in [1.165, 1.54) is 74.3 Å². The first-order chi connectivity index (χ1) is 20.9. The van der Waals surface area contributed by atoms with Crippen molar-refractivity contribution in [2.24, 2.45) is 11.8 Å². The third kappa shape index (κ3) is 4.25. The molecule has 6 aromatic rings. The van der Waals surface area contributed by atoms with Crippen molar-refractivity contribution in [1.82, 2.24) is 9.97 Å². The fourth-order valence-electron chi connectivity index (χ4n) is 8.10. The summed E-state index contributed by atoms with van der Waals surface area (Å²) >= 11 is 0. The maximum Gasteiger partial charge on any atom is 0.0443 e. The van der Waals surface area contributed by atoms with E-state index in [4.69, 9.17) is 4.98 Å². The molecule has 2 aliphatic carbocycles. The molecule has 4 aromatic carbocycles. The summed E-state index contributed by atoms with van der Waals surface area (Å²) in [7, 11) is 0. The third-order valence-electron chi connectivity index (χ3n) is 9.88. The van der Waals surface area contributed by atoms with Gasteiger partial charge in [0.2, 0.25) is 0 Å². The second-order valence-corrected chi connectivity index (χ2v) is 12.0. The highest BCUT2D eigenvalue weighted by Gasteiger charge is 2.41. The van der Waals surface area contributed by atoms with E-state index in [2.05, 4.69) is 120 Å². The van der Waals surface area contributed by atoms with E-state index < -0.39 is 0 Å². The Bertz CT molecular complexity index is 1850. The Balaban J connectivity index is 1.26. The number of rotatable bonds is 4. The summed E-state index contributed by atoms with van der Waals surface area (Å²) in [6, 6.07) is 37.8. The lowest BCUT2D eigenvalue weighted by molar-refractivity contribution is 0.177. The van der Waals surface area contributed by atoms with Crippen LogP contribution >= 0.6 is 0 Å². The van der Waals surface area contributed by atoms with Crippen molar-refractivity contribution in [2.75, 3.05) is 0 Å². The summed E-state index contributed by atoms with van der Waals surface area (Å²) in [5.74, 6) is 2.03. The number of aromatic nitrogens is 2. The summed E-state index contributed by atoms with van der Waals surface area (Å²) in [5.41, 5.74) is 7.83. The summed E-state index contributed by atoms with van der Waals surface area (Å²) in [6.07, 6.45) is 15.6. The molecule has 0 N–H and O–H groups in total. The minimum absolute atomic E-state index is 0.384. The molecular weight excluding hydrogens is 508 g/mol. The fraction of sp³-hybridized carbons (Fsp3) is 0.200. The Kier molecular flexibility index (Phi) is 6.41. The van der Waals surface area contributed by atoms with E-state index >= 15 is 0 Å². The van der Waals surface area contributed by atoms with Gasteiger partial charge in [-0.1, -0.05) is 97.4 Å². The van der Waals surface area contributed by atoms with Gasteiger partial charge in [-0.3, -0.25) is 9.97 Å². The predicted molar refractivity (Wildman–Crippen MR) is 174 cm³/mol. The van der Waals surface area contributed by atoms with E-state index in [-0.39, 0.29) is 0 Å². The van der Waals surface area contributed by atoms with Gasteiger partial charge in [-0.05, 0) is 105 Å². The number of hydrogen-bond donors (Lipinski definition) is 0. The molecule has 0 spiro atoms. The quantitative estimate of drug-likeness (QED) is 0.164. The molecule has 2 aliphatic rings. The molecule has 0 bridgehead atoms. The van der Waals surface area contributed by atoms with E-state index in [1.54, 1.807) is 0 Å². The van der Waals surface area contributed by atoms with Gasteiger partial charge in [-0.15, -0.1) is 0 Å². The van der Waals surface area contributed by atoms with Gasteiger partial charge in [-0.2, -0.15) is 0 Å². The number of allylic oxidation sites excluding steroid dienone is 2. The molecule has 0 radical (unpaired) electrons. The van der Waals surface area contributed by atoms with Gasteiger partial charge in [0.25, 0.3) is 0 Å². The third-order valence-corrected chi connectivity index (χ3v) is 9.88. The molecule has 4 unspecified atom stereocenters. The van der Waals surface area contributed by atoms with Crippen molar-refractivity contribution in [1.29, 1.82) is 0 Å². The summed E-state index contributed by atoms with van der Waals surface area (Å²) in [4.78, 5) is 9.20. The second kappa shape index (κ2) is 10.7. The molecule has 1 saturated carbocycles. The fourth-order valence-corrected chi connectivity index (χ4v) is 8.10. The predicted octanol–water partition coefficient (Wildman–Crippen LogP) is 10.4. The SMILES string of the molecule is C1=CC(c2c3ccccc3c(-c3ccccc3)c3ccccc23)C2CCCC(c3cc(-c4ccncc4)ccn3)C2C1. The van der Waals surface area contributed by atoms with Crippen LogP contribution in [0, 0.1) is 11.8 Å². The summed E-state index contributed by atoms with van der Waals surface area (Å²) in [5, 5.41) is 5.49.